The van der Waals surface area contributed by atoms with Crippen molar-refractivity contribution < 1.29 is 17.9 Å². The summed E-state index contributed by atoms with van der Waals surface area (Å²) in [6, 6.07) is 13.3. The van der Waals surface area contributed by atoms with Crippen LogP contribution in [0, 0.1) is 6.92 Å². The minimum atomic E-state index is -3.69. The van der Waals surface area contributed by atoms with Crippen molar-refractivity contribution in [1.29, 1.82) is 0 Å². The zero-order valence-electron chi connectivity index (χ0n) is 15.2. The molecule has 0 unspecified atom stereocenters. The van der Waals surface area contributed by atoms with Crippen LogP contribution < -0.4 is 14.8 Å². The standard InChI is InChI=1S/C19H24N2O4S/c1-4-15(3)20-19(22)13-25-18-11-10-17(12-14(18)2)26(23,24)21-16-8-6-5-7-9-16/h5-12,15,21H,4,13H2,1-3H3,(H,20,22)/t15-/m0/s1. The zero-order valence-corrected chi connectivity index (χ0v) is 16.0. The Bertz CT molecular complexity index is 851. The minimum absolute atomic E-state index is 0.0868. The molecule has 0 heterocycles. The maximum Gasteiger partial charge on any atom is 0.261 e. The number of sulfonamides is 1. The smallest absolute Gasteiger partial charge is 0.261 e. The molecule has 2 aromatic rings. The third-order valence-electron chi connectivity index (χ3n) is 3.86. The van der Waals surface area contributed by atoms with Gasteiger partial charge in [-0.3, -0.25) is 9.52 Å². The first-order valence-corrected chi connectivity index (χ1v) is 9.91. The molecule has 1 atom stereocenters. The van der Waals surface area contributed by atoms with Crippen LogP contribution in [0.3, 0.4) is 0 Å². The molecular weight excluding hydrogens is 352 g/mol. The van der Waals surface area contributed by atoms with E-state index in [9.17, 15) is 13.2 Å². The van der Waals surface area contributed by atoms with Crippen LogP contribution in [0.25, 0.3) is 0 Å². The number of rotatable bonds is 8. The van der Waals surface area contributed by atoms with Crippen molar-refractivity contribution in [3.05, 3.63) is 54.1 Å². The fraction of sp³-hybridized carbons (Fsp3) is 0.316. The van der Waals surface area contributed by atoms with Crippen molar-refractivity contribution in [3.63, 3.8) is 0 Å². The van der Waals surface area contributed by atoms with Crippen molar-refractivity contribution in [2.75, 3.05) is 11.3 Å². The molecule has 0 aliphatic carbocycles. The van der Waals surface area contributed by atoms with E-state index < -0.39 is 10.0 Å². The number of carbonyl (C=O) groups is 1. The van der Waals surface area contributed by atoms with Crippen LogP contribution >= 0.6 is 0 Å². The second kappa shape index (κ2) is 8.71. The average molecular weight is 376 g/mol. The van der Waals surface area contributed by atoms with Crippen LogP contribution in [0.15, 0.2) is 53.4 Å². The topological polar surface area (TPSA) is 84.5 Å². The molecule has 2 aromatic carbocycles. The summed E-state index contributed by atoms with van der Waals surface area (Å²) in [6.07, 6.45) is 0.839. The Hall–Kier alpha value is -2.54. The highest BCUT2D eigenvalue weighted by Crippen LogP contribution is 2.23. The third kappa shape index (κ3) is 5.49. The van der Waals surface area contributed by atoms with E-state index in [1.54, 1.807) is 37.3 Å². The molecule has 140 valence electrons. The molecule has 0 radical (unpaired) electrons. The Balaban J connectivity index is 2.05. The number of carbonyl (C=O) groups excluding carboxylic acids is 1. The summed E-state index contributed by atoms with van der Waals surface area (Å²) in [5.74, 6) is 0.268. The first-order chi connectivity index (χ1) is 12.3. The summed E-state index contributed by atoms with van der Waals surface area (Å²) in [5, 5.41) is 2.81. The van der Waals surface area contributed by atoms with Crippen molar-refractivity contribution in [3.8, 4) is 5.75 Å². The molecule has 0 fully saturated rings. The Morgan fingerprint density at radius 2 is 1.85 bits per heavy atom. The monoisotopic (exact) mass is 376 g/mol. The van der Waals surface area contributed by atoms with E-state index in [2.05, 4.69) is 10.0 Å². The van der Waals surface area contributed by atoms with Crippen LogP contribution in [-0.2, 0) is 14.8 Å². The number of para-hydroxylation sites is 1. The lowest BCUT2D eigenvalue weighted by Crippen LogP contribution is -2.35. The van der Waals surface area contributed by atoms with Gasteiger partial charge in [0.2, 0.25) is 0 Å². The van der Waals surface area contributed by atoms with E-state index in [-0.39, 0.29) is 23.5 Å². The second-order valence-electron chi connectivity index (χ2n) is 6.06. The van der Waals surface area contributed by atoms with Gasteiger partial charge in [-0.05, 0) is 56.2 Å². The Morgan fingerprint density at radius 3 is 2.46 bits per heavy atom. The highest BCUT2D eigenvalue weighted by atomic mass is 32.2. The van der Waals surface area contributed by atoms with E-state index in [0.29, 0.717) is 17.0 Å². The zero-order chi connectivity index (χ0) is 19.2. The van der Waals surface area contributed by atoms with Gasteiger partial charge in [0.25, 0.3) is 15.9 Å². The van der Waals surface area contributed by atoms with E-state index in [4.69, 9.17) is 4.74 Å². The maximum absolute atomic E-state index is 12.5. The fourth-order valence-electron chi connectivity index (χ4n) is 2.23. The van der Waals surface area contributed by atoms with E-state index in [0.717, 1.165) is 6.42 Å². The largest absolute Gasteiger partial charge is 0.484 e. The van der Waals surface area contributed by atoms with Crippen molar-refractivity contribution >= 4 is 21.6 Å². The number of ether oxygens (including phenoxy) is 1. The molecule has 0 spiro atoms. The summed E-state index contributed by atoms with van der Waals surface area (Å²) in [6.45, 7) is 5.53. The summed E-state index contributed by atoms with van der Waals surface area (Å²) >= 11 is 0. The molecule has 0 bridgehead atoms. The summed E-state index contributed by atoms with van der Waals surface area (Å²) in [4.78, 5) is 11.9. The van der Waals surface area contributed by atoms with Crippen LogP contribution in [-0.4, -0.2) is 27.0 Å². The van der Waals surface area contributed by atoms with Gasteiger partial charge in [-0.15, -0.1) is 0 Å². The number of aryl methyl sites for hydroxylation is 1. The van der Waals surface area contributed by atoms with Gasteiger partial charge < -0.3 is 10.1 Å². The van der Waals surface area contributed by atoms with Gasteiger partial charge in [-0.25, -0.2) is 8.42 Å². The van der Waals surface area contributed by atoms with E-state index >= 15 is 0 Å². The summed E-state index contributed by atoms with van der Waals surface area (Å²) in [5.41, 5.74) is 1.13. The van der Waals surface area contributed by atoms with E-state index in [1.165, 1.54) is 12.1 Å². The van der Waals surface area contributed by atoms with Crippen LogP contribution in [0.1, 0.15) is 25.8 Å². The van der Waals surface area contributed by atoms with Crippen LogP contribution in [0.4, 0.5) is 5.69 Å². The van der Waals surface area contributed by atoms with Gasteiger partial charge in [-0.1, -0.05) is 25.1 Å². The number of benzene rings is 2. The Morgan fingerprint density at radius 1 is 1.15 bits per heavy atom. The first-order valence-electron chi connectivity index (χ1n) is 8.42. The van der Waals surface area contributed by atoms with Gasteiger partial charge >= 0.3 is 0 Å². The lowest BCUT2D eigenvalue weighted by atomic mass is 10.2. The molecule has 2 N–H and O–H groups in total. The first kappa shape index (κ1) is 19.8. The molecular formula is C19H24N2O4S. The average Bonchev–Trinajstić information content (AvgIpc) is 2.61. The minimum Gasteiger partial charge on any atom is -0.484 e. The molecule has 0 aromatic heterocycles. The Labute approximate surface area is 154 Å². The quantitative estimate of drug-likeness (QED) is 0.741. The van der Waals surface area contributed by atoms with Crippen molar-refractivity contribution in [1.82, 2.24) is 5.32 Å². The lowest BCUT2D eigenvalue weighted by molar-refractivity contribution is -0.123. The van der Waals surface area contributed by atoms with Gasteiger partial charge in [-0.2, -0.15) is 0 Å². The predicted molar refractivity (Wildman–Crippen MR) is 102 cm³/mol. The number of hydrogen-bond donors (Lipinski definition) is 2. The van der Waals surface area contributed by atoms with Crippen molar-refractivity contribution in [2.45, 2.75) is 38.1 Å². The molecule has 0 saturated heterocycles. The van der Waals surface area contributed by atoms with E-state index in [1.807, 2.05) is 19.9 Å². The number of amides is 1. The molecule has 7 heteroatoms. The van der Waals surface area contributed by atoms with Crippen LogP contribution in [0.2, 0.25) is 0 Å². The molecule has 6 nitrogen and oxygen atoms in total. The summed E-state index contributed by atoms with van der Waals surface area (Å²) < 4.78 is 33.0. The molecule has 0 aliphatic heterocycles. The normalized spacial score (nSPS) is 12.3. The van der Waals surface area contributed by atoms with Gasteiger partial charge in [0.15, 0.2) is 6.61 Å². The van der Waals surface area contributed by atoms with Crippen molar-refractivity contribution in [2.24, 2.45) is 0 Å². The third-order valence-corrected chi connectivity index (χ3v) is 5.24. The molecule has 26 heavy (non-hydrogen) atoms. The highest BCUT2D eigenvalue weighted by molar-refractivity contribution is 7.92. The lowest BCUT2D eigenvalue weighted by Gasteiger charge is -2.14. The van der Waals surface area contributed by atoms with Gasteiger partial charge in [0.05, 0.1) is 4.90 Å². The molecule has 0 saturated carbocycles. The summed E-state index contributed by atoms with van der Waals surface area (Å²) in [7, 11) is -3.69. The molecule has 1 amide bonds. The maximum atomic E-state index is 12.5. The van der Waals surface area contributed by atoms with Gasteiger partial charge in [0, 0.05) is 11.7 Å². The van der Waals surface area contributed by atoms with Crippen LogP contribution in [0.5, 0.6) is 5.75 Å². The predicted octanol–water partition coefficient (Wildman–Crippen LogP) is 3.09. The molecule has 0 aliphatic rings. The number of hydrogen-bond acceptors (Lipinski definition) is 4. The Kier molecular flexibility index (Phi) is 6.63. The number of anilines is 1. The highest BCUT2D eigenvalue weighted by Gasteiger charge is 2.16. The fourth-order valence-corrected chi connectivity index (χ4v) is 3.38. The second-order valence-corrected chi connectivity index (χ2v) is 7.75. The number of nitrogens with one attached hydrogen (secondary N) is 2. The van der Waals surface area contributed by atoms with Gasteiger partial charge in [0.1, 0.15) is 5.75 Å². The SMILES string of the molecule is CC[C@H](C)NC(=O)COc1ccc(S(=O)(=O)Nc2ccccc2)cc1C. The molecule has 2 rings (SSSR count).